The van der Waals surface area contributed by atoms with E-state index in [1.807, 2.05) is 0 Å². The summed E-state index contributed by atoms with van der Waals surface area (Å²) in [5.41, 5.74) is 0.0670. The van der Waals surface area contributed by atoms with Crippen LogP contribution in [0.25, 0.3) is 0 Å². The van der Waals surface area contributed by atoms with E-state index in [1.165, 1.54) is 12.1 Å². The topological polar surface area (TPSA) is 93.1 Å². The molecule has 0 aliphatic carbocycles. The van der Waals surface area contributed by atoms with Gasteiger partial charge in [-0.1, -0.05) is 50.5 Å². The van der Waals surface area contributed by atoms with Gasteiger partial charge in [0, 0.05) is 6.42 Å². The van der Waals surface area contributed by atoms with Crippen molar-refractivity contribution in [3.05, 3.63) is 59.7 Å². The summed E-state index contributed by atoms with van der Waals surface area (Å²) in [6, 6.07) is 12.6. The summed E-state index contributed by atoms with van der Waals surface area (Å²) in [4.78, 5) is 22.8. The number of benzene rings is 2. The van der Waals surface area contributed by atoms with Gasteiger partial charge in [0.15, 0.2) is 0 Å². The molecule has 2 rings (SSSR count). The molecule has 0 aliphatic rings. The summed E-state index contributed by atoms with van der Waals surface area (Å²) >= 11 is 0. The fourth-order valence-electron chi connectivity index (χ4n) is 2.66. The summed E-state index contributed by atoms with van der Waals surface area (Å²) in [6.07, 6.45) is 3.69. The highest BCUT2D eigenvalue weighted by Gasteiger charge is 2.20. The van der Waals surface area contributed by atoms with Gasteiger partial charge in [-0.3, -0.25) is 0 Å². The van der Waals surface area contributed by atoms with Crippen LogP contribution in [0.2, 0.25) is 0 Å². The van der Waals surface area contributed by atoms with Gasteiger partial charge in [0.2, 0.25) is 6.29 Å². The minimum absolute atomic E-state index is 0.0335. The Morgan fingerprint density at radius 1 is 0.815 bits per heavy atom. The zero-order valence-electron chi connectivity index (χ0n) is 15.3. The Labute approximate surface area is 158 Å². The minimum Gasteiger partial charge on any atom is -0.478 e. The fourth-order valence-corrected chi connectivity index (χ4v) is 2.66. The summed E-state index contributed by atoms with van der Waals surface area (Å²) < 4.78 is 11.7. The monoisotopic (exact) mass is 372 g/mol. The Kier molecular flexibility index (Phi) is 7.67. The molecule has 0 aliphatic heterocycles. The smallest absolute Gasteiger partial charge is 0.339 e. The van der Waals surface area contributed by atoms with Crippen molar-refractivity contribution in [2.45, 2.75) is 45.3 Å². The van der Waals surface area contributed by atoms with E-state index in [9.17, 15) is 19.8 Å². The molecule has 2 N–H and O–H groups in total. The first-order chi connectivity index (χ1) is 13.0. The SMILES string of the molecule is CCCCCCC(Oc1ccccc1C(=O)O)Oc1ccccc1C(=O)O. The molecule has 2 aromatic carbocycles. The van der Waals surface area contributed by atoms with Crippen LogP contribution in [0.15, 0.2) is 48.5 Å². The molecular weight excluding hydrogens is 348 g/mol. The van der Waals surface area contributed by atoms with Gasteiger partial charge >= 0.3 is 11.9 Å². The molecule has 0 spiro atoms. The van der Waals surface area contributed by atoms with E-state index in [0.29, 0.717) is 6.42 Å². The Morgan fingerprint density at radius 2 is 1.30 bits per heavy atom. The van der Waals surface area contributed by atoms with Crippen LogP contribution in [0.3, 0.4) is 0 Å². The zero-order valence-corrected chi connectivity index (χ0v) is 15.3. The van der Waals surface area contributed by atoms with Gasteiger partial charge in [0.1, 0.15) is 22.6 Å². The van der Waals surface area contributed by atoms with E-state index in [0.717, 1.165) is 25.7 Å². The van der Waals surface area contributed by atoms with Gasteiger partial charge in [-0.2, -0.15) is 0 Å². The van der Waals surface area contributed by atoms with Crippen LogP contribution in [0, 0.1) is 0 Å². The number of ether oxygens (including phenoxy) is 2. The minimum atomic E-state index is -1.10. The van der Waals surface area contributed by atoms with E-state index in [-0.39, 0.29) is 22.6 Å². The maximum atomic E-state index is 11.4. The quantitative estimate of drug-likeness (QED) is 0.433. The van der Waals surface area contributed by atoms with E-state index < -0.39 is 18.2 Å². The second-order valence-electron chi connectivity index (χ2n) is 6.12. The Bertz CT molecular complexity index is 711. The lowest BCUT2D eigenvalue weighted by molar-refractivity contribution is -0.00413. The fraction of sp³-hybridized carbons (Fsp3) is 0.333. The van der Waals surface area contributed by atoms with Crippen molar-refractivity contribution in [3.63, 3.8) is 0 Å². The first-order valence-electron chi connectivity index (χ1n) is 9.01. The molecule has 0 saturated heterocycles. The van der Waals surface area contributed by atoms with Gasteiger partial charge in [-0.15, -0.1) is 0 Å². The molecule has 6 nitrogen and oxygen atoms in total. The first-order valence-corrected chi connectivity index (χ1v) is 9.01. The van der Waals surface area contributed by atoms with Crippen molar-refractivity contribution in [2.75, 3.05) is 0 Å². The molecule has 2 aromatic rings. The van der Waals surface area contributed by atoms with Crippen LogP contribution < -0.4 is 9.47 Å². The van der Waals surface area contributed by atoms with Crippen LogP contribution in [-0.2, 0) is 0 Å². The van der Waals surface area contributed by atoms with E-state index in [1.54, 1.807) is 36.4 Å². The number of hydrogen-bond acceptors (Lipinski definition) is 4. The number of carboxylic acids is 2. The van der Waals surface area contributed by atoms with E-state index >= 15 is 0 Å². The van der Waals surface area contributed by atoms with Crippen molar-refractivity contribution in [2.24, 2.45) is 0 Å². The predicted octanol–water partition coefficient (Wildman–Crippen LogP) is 4.84. The van der Waals surface area contributed by atoms with Crippen LogP contribution in [0.4, 0.5) is 0 Å². The Balaban J connectivity index is 2.21. The molecule has 0 bridgehead atoms. The van der Waals surface area contributed by atoms with Crippen molar-refractivity contribution in [1.29, 1.82) is 0 Å². The highest BCUT2D eigenvalue weighted by molar-refractivity contribution is 5.91. The van der Waals surface area contributed by atoms with Gasteiger partial charge in [-0.05, 0) is 30.7 Å². The molecule has 0 fully saturated rings. The molecule has 0 aromatic heterocycles. The maximum absolute atomic E-state index is 11.4. The molecule has 0 atom stereocenters. The third-order valence-electron chi connectivity index (χ3n) is 4.05. The highest BCUT2D eigenvalue weighted by atomic mass is 16.7. The molecule has 0 saturated carbocycles. The highest BCUT2D eigenvalue weighted by Crippen LogP contribution is 2.25. The molecule has 0 unspecified atom stereocenters. The van der Waals surface area contributed by atoms with Gasteiger partial charge in [0.05, 0.1) is 0 Å². The number of rotatable bonds is 11. The number of unbranched alkanes of at least 4 members (excludes halogenated alkanes) is 3. The number of carboxylic acid groups (broad SMARTS) is 2. The molecule has 0 amide bonds. The lowest BCUT2D eigenvalue weighted by atomic mass is 10.1. The summed E-state index contributed by atoms with van der Waals surface area (Å²) in [6.45, 7) is 2.11. The average molecular weight is 372 g/mol. The summed E-state index contributed by atoms with van der Waals surface area (Å²) in [5.74, 6) is -1.81. The predicted molar refractivity (Wildman–Crippen MR) is 101 cm³/mol. The molecule has 27 heavy (non-hydrogen) atoms. The lowest BCUT2D eigenvalue weighted by Crippen LogP contribution is -2.25. The van der Waals surface area contributed by atoms with Crippen LogP contribution in [0.5, 0.6) is 11.5 Å². The first kappa shape index (κ1) is 20.3. The van der Waals surface area contributed by atoms with Gasteiger partial charge < -0.3 is 19.7 Å². The second kappa shape index (κ2) is 10.2. The largest absolute Gasteiger partial charge is 0.478 e. The lowest BCUT2D eigenvalue weighted by Gasteiger charge is -2.22. The van der Waals surface area contributed by atoms with Gasteiger partial charge in [-0.25, -0.2) is 9.59 Å². The average Bonchev–Trinajstić information content (AvgIpc) is 2.65. The van der Waals surface area contributed by atoms with Crippen LogP contribution in [-0.4, -0.2) is 28.4 Å². The summed E-state index contributed by atoms with van der Waals surface area (Å²) in [7, 11) is 0. The number of aromatic carboxylic acids is 2. The van der Waals surface area contributed by atoms with E-state index in [4.69, 9.17) is 9.47 Å². The third-order valence-corrected chi connectivity index (χ3v) is 4.05. The van der Waals surface area contributed by atoms with Crippen molar-refractivity contribution >= 4 is 11.9 Å². The second-order valence-corrected chi connectivity index (χ2v) is 6.12. The van der Waals surface area contributed by atoms with E-state index in [2.05, 4.69) is 6.92 Å². The van der Waals surface area contributed by atoms with Gasteiger partial charge in [0.25, 0.3) is 0 Å². The normalized spacial score (nSPS) is 10.6. The number of para-hydroxylation sites is 2. The molecule has 144 valence electrons. The number of hydrogen-bond donors (Lipinski definition) is 2. The maximum Gasteiger partial charge on any atom is 0.339 e. The van der Waals surface area contributed by atoms with Crippen LogP contribution in [0.1, 0.15) is 59.7 Å². The molecular formula is C21H24O6. The van der Waals surface area contributed by atoms with Crippen LogP contribution >= 0.6 is 0 Å². The summed E-state index contributed by atoms with van der Waals surface area (Å²) in [5, 5.41) is 18.7. The standard InChI is InChI=1S/C21H24O6/c1-2-3-4-5-14-19(26-17-12-8-6-10-15(17)20(22)23)27-18-13-9-7-11-16(18)21(24)25/h6-13,19H,2-5,14H2,1H3,(H,22,23)(H,24,25). The van der Waals surface area contributed by atoms with Crippen molar-refractivity contribution < 1.29 is 29.3 Å². The molecule has 0 heterocycles. The third kappa shape index (κ3) is 6.02. The van der Waals surface area contributed by atoms with Crippen molar-refractivity contribution in [1.82, 2.24) is 0 Å². The van der Waals surface area contributed by atoms with Crippen molar-refractivity contribution in [3.8, 4) is 11.5 Å². The Hall–Kier alpha value is -3.02. The molecule has 0 radical (unpaired) electrons. The molecule has 6 heteroatoms. The Morgan fingerprint density at radius 3 is 1.74 bits per heavy atom. The number of carbonyl (C=O) groups is 2. The zero-order chi connectivity index (χ0) is 19.6.